The number of hydrogen-bond acceptors (Lipinski definition) is 1. The summed E-state index contributed by atoms with van der Waals surface area (Å²) in [5.41, 5.74) is 10.8. The van der Waals surface area contributed by atoms with Crippen molar-refractivity contribution < 1.29 is 0 Å². The second-order valence-corrected chi connectivity index (χ2v) is 11.8. The Morgan fingerprint density at radius 3 is 2.49 bits per heavy atom. The summed E-state index contributed by atoms with van der Waals surface area (Å²) >= 11 is 2.00. The van der Waals surface area contributed by atoms with Gasteiger partial charge < -0.3 is 4.57 Å². The van der Waals surface area contributed by atoms with Crippen molar-refractivity contribution in [3.05, 3.63) is 120 Å². The Bertz CT molecular complexity index is 1760. The lowest BCUT2D eigenvalue weighted by Gasteiger charge is -2.34. The van der Waals surface area contributed by atoms with Gasteiger partial charge in [0, 0.05) is 32.3 Å². The predicted molar refractivity (Wildman–Crippen MR) is 149 cm³/mol. The number of benzene rings is 4. The number of hydrogen-bond donors (Lipinski definition) is 0. The molecule has 0 fully saturated rings. The summed E-state index contributed by atoms with van der Waals surface area (Å²) in [4.78, 5) is 1.42. The Morgan fingerprint density at radius 1 is 0.743 bits per heavy atom. The molecule has 4 aromatic carbocycles. The average molecular weight is 468 g/mol. The van der Waals surface area contributed by atoms with Crippen LogP contribution in [0.5, 0.6) is 0 Å². The van der Waals surface area contributed by atoms with Crippen LogP contribution >= 0.6 is 11.8 Å². The highest BCUT2D eigenvalue weighted by molar-refractivity contribution is 8.00. The summed E-state index contributed by atoms with van der Waals surface area (Å²) < 4.78 is 2.49. The van der Waals surface area contributed by atoms with E-state index in [-0.39, 0.29) is 5.41 Å². The van der Waals surface area contributed by atoms with E-state index in [1.165, 1.54) is 60.2 Å². The maximum absolute atomic E-state index is 2.49. The maximum Gasteiger partial charge on any atom is 0.0582 e. The van der Waals surface area contributed by atoms with Gasteiger partial charge in [-0.1, -0.05) is 86.7 Å². The van der Waals surface area contributed by atoms with E-state index in [4.69, 9.17) is 0 Å². The average Bonchev–Trinajstić information content (AvgIpc) is 3.43. The van der Waals surface area contributed by atoms with Crippen LogP contribution in [0.2, 0.25) is 0 Å². The fourth-order valence-corrected chi connectivity index (χ4v) is 7.89. The van der Waals surface area contributed by atoms with E-state index in [1.807, 2.05) is 11.8 Å². The highest BCUT2D eigenvalue weighted by atomic mass is 32.2. The lowest BCUT2D eigenvalue weighted by atomic mass is 9.75. The van der Waals surface area contributed by atoms with Gasteiger partial charge in [0.25, 0.3) is 0 Å². The molecule has 2 heteroatoms. The van der Waals surface area contributed by atoms with E-state index in [2.05, 4.69) is 122 Å². The second kappa shape index (κ2) is 6.80. The minimum Gasteiger partial charge on any atom is -0.309 e. The molecule has 1 aromatic heterocycles. The van der Waals surface area contributed by atoms with Crippen LogP contribution in [0.25, 0.3) is 38.6 Å². The van der Waals surface area contributed by atoms with E-state index in [0.717, 1.165) is 0 Å². The molecule has 3 aliphatic rings. The molecule has 5 aromatic rings. The van der Waals surface area contributed by atoms with Gasteiger partial charge in [-0.05, 0) is 58.1 Å². The lowest BCUT2D eigenvalue weighted by Crippen LogP contribution is -2.26. The normalized spacial score (nSPS) is 20.7. The first kappa shape index (κ1) is 19.8. The molecule has 1 aliphatic carbocycles. The van der Waals surface area contributed by atoms with E-state index in [0.29, 0.717) is 11.2 Å². The van der Waals surface area contributed by atoms with Crippen LogP contribution in [0, 0.1) is 0 Å². The third-order valence-corrected chi connectivity index (χ3v) is 9.68. The summed E-state index contributed by atoms with van der Waals surface area (Å²) in [5, 5.41) is 3.22. The first-order valence-electron chi connectivity index (χ1n) is 12.4. The minimum atomic E-state index is -0.0283. The van der Waals surface area contributed by atoms with Gasteiger partial charge in [-0.2, -0.15) is 0 Å². The number of aromatic nitrogens is 1. The molecular formula is C33H25NS. The van der Waals surface area contributed by atoms with Gasteiger partial charge in [0.05, 0.1) is 16.7 Å². The van der Waals surface area contributed by atoms with Gasteiger partial charge in [-0.25, -0.2) is 0 Å². The molecule has 3 heterocycles. The largest absolute Gasteiger partial charge is 0.309 e. The van der Waals surface area contributed by atoms with Crippen molar-refractivity contribution in [2.45, 2.75) is 35.3 Å². The van der Waals surface area contributed by atoms with Crippen LogP contribution < -0.4 is 0 Å². The molecule has 1 nitrogen and oxygen atoms in total. The van der Waals surface area contributed by atoms with Crippen LogP contribution in [0.15, 0.2) is 108 Å². The standard InChI is InChI=1S/C33H25NS/c1-33(2)26-10-4-5-12-29(26)34-28-16-14-20(18-24(28)23-9-7-11-27(33)32(23)34)21-15-17-31-25(19-21)22-8-3-6-13-30(22)35-31/h3-19,22,30H,1-2H3. The zero-order valence-electron chi connectivity index (χ0n) is 19.8. The monoisotopic (exact) mass is 467 g/mol. The molecule has 0 saturated carbocycles. The van der Waals surface area contributed by atoms with Crippen LogP contribution in [-0.2, 0) is 5.41 Å². The maximum atomic E-state index is 2.49. The van der Waals surface area contributed by atoms with Gasteiger partial charge in [0.15, 0.2) is 0 Å². The Hall–Kier alpha value is -3.49. The number of fused-ring (bicyclic) bond motifs is 8. The number of nitrogens with zero attached hydrogens (tertiary/aromatic N) is 1. The van der Waals surface area contributed by atoms with E-state index in [1.54, 1.807) is 0 Å². The summed E-state index contributed by atoms with van der Waals surface area (Å²) in [6.07, 6.45) is 9.09. The molecule has 0 bridgehead atoms. The molecule has 0 N–H and O–H groups in total. The van der Waals surface area contributed by atoms with Crippen molar-refractivity contribution in [2.75, 3.05) is 0 Å². The zero-order valence-corrected chi connectivity index (χ0v) is 20.6. The fraction of sp³-hybridized carbons (Fsp3) is 0.152. The Balaban J connectivity index is 1.37. The van der Waals surface area contributed by atoms with E-state index in [9.17, 15) is 0 Å². The highest BCUT2D eigenvalue weighted by Gasteiger charge is 2.35. The van der Waals surface area contributed by atoms with Crippen LogP contribution in [0.3, 0.4) is 0 Å². The highest BCUT2D eigenvalue weighted by Crippen LogP contribution is 2.50. The molecule has 0 saturated heterocycles. The van der Waals surface area contributed by atoms with Crippen molar-refractivity contribution in [2.24, 2.45) is 0 Å². The topological polar surface area (TPSA) is 4.93 Å². The van der Waals surface area contributed by atoms with Crippen molar-refractivity contribution in [3.63, 3.8) is 0 Å². The zero-order chi connectivity index (χ0) is 23.3. The van der Waals surface area contributed by atoms with Crippen molar-refractivity contribution >= 4 is 33.6 Å². The Morgan fingerprint density at radius 2 is 1.54 bits per heavy atom. The van der Waals surface area contributed by atoms with Crippen molar-refractivity contribution in [3.8, 4) is 16.8 Å². The molecule has 0 spiro atoms. The van der Waals surface area contributed by atoms with Crippen molar-refractivity contribution in [1.82, 2.24) is 4.57 Å². The first-order valence-corrected chi connectivity index (χ1v) is 13.3. The quantitative estimate of drug-likeness (QED) is 0.238. The molecule has 2 unspecified atom stereocenters. The minimum absolute atomic E-state index is 0.0283. The van der Waals surface area contributed by atoms with E-state index < -0.39 is 0 Å². The van der Waals surface area contributed by atoms with Crippen LogP contribution in [0.4, 0.5) is 0 Å². The number of allylic oxidation sites excluding steroid dienone is 3. The molecule has 2 atom stereocenters. The number of thioether (sulfide) groups is 1. The third kappa shape index (κ3) is 2.56. The third-order valence-electron chi connectivity index (χ3n) is 8.33. The second-order valence-electron chi connectivity index (χ2n) is 10.5. The predicted octanol–water partition coefficient (Wildman–Crippen LogP) is 8.77. The number of rotatable bonds is 1. The summed E-state index contributed by atoms with van der Waals surface area (Å²) in [6, 6.07) is 29.9. The lowest BCUT2D eigenvalue weighted by molar-refractivity contribution is 0.630. The van der Waals surface area contributed by atoms with Gasteiger partial charge >= 0.3 is 0 Å². The van der Waals surface area contributed by atoms with Gasteiger partial charge in [-0.3, -0.25) is 0 Å². The molecule has 168 valence electrons. The van der Waals surface area contributed by atoms with Crippen LogP contribution in [-0.4, -0.2) is 9.82 Å². The summed E-state index contributed by atoms with van der Waals surface area (Å²) in [7, 11) is 0. The van der Waals surface area contributed by atoms with Crippen molar-refractivity contribution in [1.29, 1.82) is 0 Å². The molecule has 2 aliphatic heterocycles. The van der Waals surface area contributed by atoms with Crippen LogP contribution in [0.1, 0.15) is 36.5 Å². The molecule has 0 radical (unpaired) electrons. The Kier molecular flexibility index (Phi) is 3.84. The molecule has 0 amide bonds. The number of para-hydroxylation sites is 2. The summed E-state index contributed by atoms with van der Waals surface area (Å²) in [5.74, 6) is 0.487. The fourth-order valence-electron chi connectivity index (χ4n) is 6.57. The summed E-state index contributed by atoms with van der Waals surface area (Å²) in [6.45, 7) is 4.72. The Labute approximate surface area is 209 Å². The molecular weight excluding hydrogens is 442 g/mol. The van der Waals surface area contributed by atoms with Gasteiger partial charge in [0.1, 0.15) is 0 Å². The van der Waals surface area contributed by atoms with E-state index >= 15 is 0 Å². The molecule has 8 rings (SSSR count). The molecule has 35 heavy (non-hydrogen) atoms. The first-order chi connectivity index (χ1) is 17.1. The van der Waals surface area contributed by atoms with Gasteiger partial charge in [-0.15, -0.1) is 11.8 Å². The SMILES string of the molecule is CC1(C)c2ccccc2-n2c3ccc(-c4ccc5c(c4)C4C=CC=CC4S5)cc3c3cccc1c32. The van der Waals surface area contributed by atoms with Gasteiger partial charge in [0.2, 0.25) is 0 Å². The smallest absolute Gasteiger partial charge is 0.0582 e.